The number of methoxy groups -OCH3 is 1. The predicted molar refractivity (Wildman–Crippen MR) is 77.1 cm³/mol. The van der Waals surface area contributed by atoms with Crippen LogP contribution in [0.5, 0.6) is 5.75 Å². The van der Waals surface area contributed by atoms with Gasteiger partial charge in [-0.15, -0.1) is 16.4 Å². The molecule has 0 spiro atoms. The molecule has 0 bridgehead atoms. The van der Waals surface area contributed by atoms with E-state index in [0.717, 1.165) is 16.3 Å². The summed E-state index contributed by atoms with van der Waals surface area (Å²) in [7, 11) is 1.62. The molecule has 0 aliphatic heterocycles. The first-order valence-electron chi connectivity index (χ1n) is 6.08. The second-order valence-electron chi connectivity index (χ2n) is 4.10. The van der Waals surface area contributed by atoms with Gasteiger partial charge in [0.1, 0.15) is 22.8 Å². The zero-order valence-corrected chi connectivity index (χ0v) is 11.7. The lowest BCUT2D eigenvalue weighted by Crippen LogP contribution is -2.02. The fourth-order valence-corrected chi connectivity index (χ4v) is 2.83. The summed E-state index contributed by atoms with van der Waals surface area (Å²) >= 11 is 1.58. The van der Waals surface area contributed by atoms with Crippen LogP contribution in [-0.2, 0) is 6.61 Å². The van der Waals surface area contributed by atoms with Crippen molar-refractivity contribution in [2.45, 2.75) is 6.61 Å². The Labute approximate surface area is 120 Å². The SMILES string of the molecule is COc1ccccc1-n1nnc(CO)c1-c1cccs1. The van der Waals surface area contributed by atoms with Crippen molar-refractivity contribution < 1.29 is 9.84 Å². The molecule has 20 heavy (non-hydrogen) atoms. The molecule has 0 atom stereocenters. The molecule has 3 aromatic rings. The number of aliphatic hydroxyl groups excluding tert-OH is 1. The fraction of sp³-hybridized carbons (Fsp3) is 0.143. The Hall–Kier alpha value is -2.18. The number of benzene rings is 1. The maximum atomic E-state index is 9.46. The number of nitrogens with zero attached hydrogens (tertiary/aromatic N) is 3. The first-order chi connectivity index (χ1) is 9.85. The van der Waals surface area contributed by atoms with Crippen LogP contribution in [0.2, 0.25) is 0 Å². The summed E-state index contributed by atoms with van der Waals surface area (Å²) in [5.41, 5.74) is 2.15. The number of para-hydroxylation sites is 2. The molecule has 1 N–H and O–H groups in total. The highest BCUT2D eigenvalue weighted by Crippen LogP contribution is 2.32. The standard InChI is InChI=1S/C14H13N3O2S/c1-19-12-6-3-2-5-11(12)17-14(10(9-18)15-16-17)13-7-4-8-20-13/h2-8,18H,9H2,1H3. The Morgan fingerprint density at radius 2 is 2.10 bits per heavy atom. The lowest BCUT2D eigenvalue weighted by atomic mass is 10.2. The third-order valence-corrected chi connectivity index (χ3v) is 3.83. The predicted octanol–water partition coefficient (Wildman–Crippen LogP) is 2.50. The van der Waals surface area contributed by atoms with E-state index in [-0.39, 0.29) is 6.61 Å². The Kier molecular flexibility index (Phi) is 3.49. The minimum absolute atomic E-state index is 0.150. The van der Waals surface area contributed by atoms with Crippen molar-refractivity contribution >= 4 is 11.3 Å². The summed E-state index contributed by atoms with van der Waals surface area (Å²) in [5.74, 6) is 0.708. The van der Waals surface area contributed by atoms with Crippen LogP contribution in [0.4, 0.5) is 0 Å². The molecule has 0 radical (unpaired) electrons. The number of rotatable bonds is 4. The summed E-state index contributed by atoms with van der Waals surface area (Å²) in [4.78, 5) is 1.00. The summed E-state index contributed by atoms with van der Waals surface area (Å²) in [6, 6.07) is 11.5. The van der Waals surface area contributed by atoms with Crippen molar-refractivity contribution in [2.75, 3.05) is 7.11 Å². The zero-order chi connectivity index (χ0) is 13.9. The average Bonchev–Trinajstić information content (AvgIpc) is 3.15. The minimum atomic E-state index is -0.150. The molecule has 3 rings (SSSR count). The van der Waals surface area contributed by atoms with Crippen LogP contribution in [0.25, 0.3) is 16.3 Å². The lowest BCUT2D eigenvalue weighted by Gasteiger charge is -2.10. The van der Waals surface area contributed by atoms with Crippen LogP contribution in [0.1, 0.15) is 5.69 Å². The van der Waals surface area contributed by atoms with Gasteiger partial charge < -0.3 is 9.84 Å². The maximum absolute atomic E-state index is 9.46. The van der Waals surface area contributed by atoms with Gasteiger partial charge in [-0.25, -0.2) is 4.68 Å². The van der Waals surface area contributed by atoms with Gasteiger partial charge in [0.15, 0.2) is 0 Å². The molecule has 6 heteroatoms. The van der Waals surface area contributed by atoms with E-state index in [4.69, 9.17) is 4.74 Å². The largest absolute Gasteiger partial charge is 0.494 e. The third kappa shape index (κ3) is 2.09. The van der Waals surface area contributed by atoms with Crippen LogP contribution in [-0.4, -0.2) is 27.2 Å². The summed E-state index contributed by atoms with van der Waals surface area (Å²) in [6.45, 7) is -0.150. The highest BCUT2D eigenvalue weighted by Gasteiger charge is 2.18. The summed E-state index contributed by atoms with van der Waals surface area (Å²) in [6.07, 6.45) is 0. The first-order valence-corrected chi connectivity index (χ1v) is 6.96. The zero-order valence-electron chi connectivity index (χ0n) is 10.9. The highest BCUT2D eigenvalue weighted by molar-refractivity contribution is 7.13. The van der Waals surface area contributed by atoms with Crippen molar-refractivity contribution in [1.29, 1.82) is 0 Å². The van der Waals surface area contributed by atoms with Crippen molar-refractivity contribution in [3.05, 3.63) is 47.5 Å². The Morgan fingerprint density at radius 1 is 1.25 bits per heavy atom. The number of hydrogen-bond acceptors (Lipinski definition) is 5. The molecular formula is C14H13N3O2S. The van der Waals surface area contributed by atoms with E-state index in [2.05, 4.69) is 10.3 Å². The van der Waals surface area contributed by atoms with Crippen LogP contribution >= 0.6 is 11.3 Å². The number of aliphatic hydroxyl groups is 1. The van der Waals surface area contributed by atoms with Crippen molar-refractivity contribution in [3.8, 4) is 22.0 Å². The second-order valence-corrected chi connectivity index (χ2v) is 5.05. The topological polar surface area (TPSA) is 60.2 Å². The number of thiophene rings is 1. The van der Waals surface area contributed by atoms with Crippen molar-refractivity contribution in [2.24, 2.45) is 0 Å². The van der Waals surface area contributed by atoms with Crippen LogP contribution < -0.4 is 4.74 Å². The van der Waals surface area contributed by atoms with E-state index in [9.17, 15) is 5.11 Å². The van der Waals surface area contributed by atoms with Gasteiger partial charge in [0, 0.05) is 0 Å². The molecule has 2 aromatic heterocycles. The quantitative estimate of drug-likeness (QED) is 0.801. The van der Waals surface area contributed by atoms with E-state index < -0.39 is 0 Å². The van der Waals surface area contributed by atoms with Gasteiger partial charge in [-0.3, -0.25) is 0 Å². The van der Waals surface area contributed by atoms with Gasteiger partial charge in [0.25, 0.3) is 0 Å². The number of ether oxygens (including phenoxy) is 1. The van der Waals surface area contributed by atoms with Crippen LogP contribution in [0.15, 0.2) is 41.8 Å². The van der Waals surface area contributed by atoms with Gasteiger partial charge >= 0.3 is 0 Å². The van der Waals surface area contributed by atoms with Crippen LogP contribution in [0.3, 0.4) is 0 Å². The molecule has 0 fully saturated rings. The number of hydrogen-bond donors (Lipinski definition) is 1. The van der Waals surface area contributed by atoms with E-state index in [1.54, 1.807) is 23.1 Å². The molecule has 0 amide bonds. The third-order valence-electron chi connectivity index (χ3n) is 2.96. The second kappa shape index (κ2) is 5.44. The Bertz CT molecular complexity index is 707. The Morgan fingerprint density at radius 3 is 2.80 bits per heavy atom. The Balaban J connectivity index is 2.22. The molecule has 102 valence electrons. The smallest absolute Gasteiger partial charge is 0.144 e. The molecule has 0 unspecified atom stereocenters. The van der Waals surface area contributed by atoms with E-state index >= 15 is 0 Å². The molecule has 0 aliphatic carbocycles. The van der Waals surface area contributed by atoms with Gasteiger partial charge in [-0.1, -0.05) is 23.4 Å². The molecule has 0 saturated heterocycles. The summed E-state index contributed by atoms with van der Waals surface area (Å²) in [5, 5.41) is 19.7. The van der Waals surface area contributed by atoms with Gasteiger partial charge in [-0.05, 0) is 23.6 Å². The van der Waals surface area contributed by atoms with E-state index in [1.165, 1.54) is 0 Å². The fourth-order valence-electron chi connectivity index (χ4n) is 2.05. The molecule has 2 heterocycles. The van der Waals surface area contributed by atoms with E-state index in [1.807, 2.05) is 41.8 Å². The normalized spacial score (nSPS) is 10.7. The first kappa shape index (κ1) is 12.8. The van der Waals surface area contributed by atoms with Crippen molar-refractivity contribution in [3.63, 3.8) is 0 Å². The molecular weight excluding hydrogens is 274 g/mol. The lowest BCUT2D eigenvalue weighted by molar-refractivity contribution is 0.277. The minimum Gasteiger partial charge on any atom is -0.494 e. The van der Waals surface area contributed by atoms with E-state index in [0.29, 0.717) is 11.4 Å². The van der Waals surface area contributed by atoms with Gasteiger partial charge in [0.2, 0.25) is 0 Å². The maximum Gasteiger partial charge on any atom is 0.144 e. The average molecular weight is 287 g/mol. The molecule has 0 saturated carbocycles. The molecule has 1 aromatic carbocycles. The molecule has 5 nitrogen and oxygen atoms in total. The number of aromatic nitrogens is 3. The van der Waals surface area contributed by atoms with Crippen LogP contribution in [0, 0.1) is 0 Å². The monoisotopic (exact) mass is 287 g/mol. The highest BCUT2D eigenvalue weighted by atomic mass is 32.1. The van der Waals surface area contributed by atoms with Crippen molar-refractivity contribution in [1.82, 2.24) is 15.0 Å². The summed E-state index contributed by atoms with van der Waals surface area (Å²) < 4.78 is 7.07. The van der Waals surface area contributed by atoms with Gasteiger partial charge in [0.05, 0.1) is 18.6 Å². The van der Waals surface area contributed by atoms with Gasteiger partial charge in [-0.2, -0.15) is 0 Å². The molecule has 0 aliphatic rings.